The van der Waals surface area contributed by atoms with E-state index in [0.29, 0.717) is 10.9 Å². The molecule has 5 aromatic rings. The number of pyridine rings is 2. The number of rotatable bonds is 18. The first-order valence-corrected chi connectivity index (χ1v) is 30.7. The van der Waals surface area contributed by atoms with Gasteiger partial charge in [0, 0.05) is 38.0 Å². The third-order valence-corrected chi connectivity index (χ3v) is 17.8. The van der Waals surface area contributed by atoms with E-state index in [4.69, 9.17) is 9.88 Å². The van der Waals surface area contributed by atoms with Crippen molar-refractivity contribution >= 4 is 68.7 Å². The van der Waals surface area contributed by atoms with Gasteiger partial charge in [-0.1, -0.05) is 89.8 Å². The number of aliphatic hydroxyl groups is 2. The Kier molecular flexibility index (Phi) is 20.2. The van der Waals surface area contributed by atoms with E-state index in [9.17, 15) is 75.0 Å². The number of alkyl halides is 6. The second-order valence-electron chi connectivity index (χ2n) is 21.4. The minimum atomic E-state index is -5.22. The number of H-pyrrole nitrogens is 1. The van der Waals surface area contributed by atoms with Crippen LogP contribution in [0.4, 0.5) is 36.8 Å². The lowest BCUT2D eigenvalue weighted by Gasteiger charge is -2.38. The van der Waals surface area contributed by atoms with Crippen molar-refractivity contribution in [1.29, 1.82) is 0 Å². The van der Waals surface area contributed by atoms with Crippen LogP contribution < -0.4 is 10.5 Å². The maximum absolute atomic E-state index is 14.5. The van der Waals surface area contributed by atoms with Gasteiger partial charge >= 0.3 is 18.4 Å². The van der Waals surface area contributed by atoms with Crippen LogP contribution in [0.1, 0.15) is 104 Å². The number of carbonyl (C=O) groups is 1. The van der Waals surface area contributed by atoms with Crippen molar-refractivity contribution in [2.75, 3.05) is 30.9 Å². The van der Waals surface area contributed by atoms with Gasteiger partial charge in [0.15, 0.2) is 40.9 Å². The van der Waals surface area contributed by atoms with Crippen molar-refractivity contribution in [3.05, 3.63) is 102 Å². The SMILES string of the molecule is CCS(=O)(=O)c1cc(C#CCC(O)(CC(C)(C)c2ccccc2S(=O)(=O)N=CN(C)C)C(F)(F)F)c(NC(=O)OC(C)(C)C)cn1.CCS(=O)(=O)c1cc2cc(CC(O)(CC(C)(C)c3ccccc3S(N)(=O)=O)C(F)(F)F)[nH]c2cn1. The van der Waals surface area contributed by atoms with Crippen molar-refractivity contribution in [2.24, 2.45) is 9.54 Å². The lowest BCUT2D eigenvalue weighted by molar-refractivity contribution is -0.266. The quantitative estimate of drug-likeness (QED) is 0.0240. The highest BCUT2D eigenvalue weighted by molar-refractivity contribution is 7.91. The molecule has 3 heterocycles. The molecule has 446 valence electrons. The predicted octanol–water partition coefficient (Wildman–Crippen LogP) is 8.11. The summed E-state index contributed by atoms with van der Waals surface area (Å²) in [7, 11) is -12.9. The zero-order chi connectivity index (χ0) is 61.8. The number of carbonyl (C=O) groups excluding carboxylic acids is 1. The van der Waals surface area contributed by atoms with E-state index in [1.165, 1.54) is 113 Å². The number of nitrogens with two attached hydrogens (primary N) is 1. The van der Waals surface area contributed by atoms with Gasteiger partial charge in [0.05, 0.1) is 50.5 Å². The minimum absolute atomic E-state index is 0.00297. The average Bonchev–Trinajstić information content (AvgIpc) is 3.99. The van der Waals surface area contributed by atoms with Gasteiger partial charge in [0.2, 0.25) is 10.0 Å². The summed E-state index contributed by atoms with van der Waals surface area (Å²) in [5.74, 6) is 4.19. The van der Waals surface area contributed by atoms with E-state index in [1.54, 1.807) is 34.9 Å². The summed E-state index contributed by atoms with van der Waals surface area (Å²) in [5, 5.41) is 29.3. The number of nitrogens with zero attached hydrogens (tertiary/aromatic N) is 4. The van der Waals surface area contributed by atoms with Gasteiger partial charge < -0.3 is 24.8 Å². The number of hydrogen-bond acceptors (Lipinski definition) is 14. The van der Waals surface area contributed by atoms with E-state index in [-0.39, 0.29) is 54.4 Å². The van der Waals surface area contributed by atoms with Crippen LogP contribution in [0, 0.1) is 11.8 Å². The molecule has 0 fully saturated rings. The Morgan fingerprint density at radius 2 is 1.22 bits per heavy atom. The fourth-order valence-electron chi connectivity index (χ4n) is 8.37. The number of sulfone groups is 2. The van der Waals surface area contributed by atoms with Crippen LogP contribution in [0.25, 0.3) is 10.9 Å². The summed E-state index contributed by atoms with van der Waals surface area (Å²) in [6, 6.07) is 14.5. The zero-order valence-corrected chi connectivity index (χ0v) is 49.3. The molecule has 0 saturated carbocycles. The number of halogens is 6. The zero-order valence-electron chi connectivity index (χ0n) is 46.1. The van der Waals surface area contributed by atoms with Crippen LogP contribution in [0.2, 0.25) is 0 Å². The highest BCUT2D eigenvalue weighted by Gasteiger charge is 2.57. The number of benzene rings is 2. The van der Waals surface area contributed by atoms with Gasteiger partial charge in [-0.15, -0.1) is 4.40 Å². The largest absolute Gasteiger partial charge is 0.444 e. The molecule has 0 radical (unpaired) electrons. The maximum Gasteiger partial charge on any atom is 0.418 e. The molecule has 0 aliphatic heterocycles. The molecule has 5 rings (SSSR count). The smallest absolute Gasteiger partial charge is 0.418 e. The first-order chi connectivity index (χ1) is 36.7. The van der Waals surface area contributed by atoms with E-state index in [2.05, 4.69) is 36.5 Å². The van der Waals surface area contributed by atoms with Gasteiger partial charge in [0.25, 0.3) is 10.0 Å². The van der Waals surface area contributed by atoms with E-state index in [1.807, 2.05) is 0 Å². The Morgan fingerprint density at radius 1 is 0.741 bits per heavy atom. The third-order valence-electron chi connectivity index (χ3n) is 12.3. The van der Waals surface area contributed by atoms with Crippen LogP contribution in [-0.4, -0.2) is 131 Å². The summed E-state index contributed by atoms with van der Waals surface area (Å²) in [6.07, 6.45) is -11.9. The molecule has 1 amide bonds. The van der Waals surface area contributed by atoms with Gasteiger partial charge in [0.1, 0.15) is 11.9 Å². The van der Waals surface area contributed by atoms with Crippen molar-refractivity contribution in [3.63, 3.8) is 0 Å². The topological polar surface area (TPSA) is 299 Å². The van der Waals surface area contributed by atoms with E-state index >= 15 is 0 Å². The molecule has 2 atom stereocenters. The second kappa shape index (κ2) is 24.4. The molecule has 0 spiro atoms. The molecular weight excluding hydrogens is 1160 g/mol. The van der Waals surface area contributed by atoms with Crippen LogP contribution in [0.5, 0.6) is 0 Å². The number of nitrogens with one attached hydrogen (secondary N) is 2. The van der Waals surface area contributed by atoms with E-state index < -0.39 is 117 Å². The molecule has 6 N–H and O–H groups in total. The van der Waals surface area contributed by atoms with Crippen LogP contribution in [0.3, 0.4) is 0 Å². The van der Waals surface area contributed by atoms with Crippen LogP contribution in [-0.2, 0) is 61.7 Å². The Morgan fingerprint density at radius 3 is 1.72 bits per heavy atom. The number of anilines is 1. The summed E-state index contributed by atoms with van der Waals surface area (Å²) in [6.45, 7) is 13.1. The first-order valence-electron chi connectivity index (χ1n) is 24.4. The highest BCUT2D eigenvalue weighted by atomic mass is 32.2. The molecule has 19 nitrogen and oxygen atoms in total. The third kappa shape index (κ3) is 17.2. The summed E-state index contributed by atoms with van der Waals surface area (Å²) in [5.41, 5.74) is -10.6. The van der Waals surface area contributed by atoms with Crippen molar-refractivity contribution in [3.8, 4) is 11.8 Å². The van der Waals surface area contributed by atoms with Crippen molar-refractivity contribution in [1.82, 2.24) is 19.9 Å². The standard InChI is InChI=1S/C30H39F3N4O7S2.C22H26F3N3O5S2/c1-9-45(40,41)25-17-21(23(18-34-25)36-26(38)44-27(2,3)4)13-12-16-29(39,30(31,32)33)19-28(5,6)22-14-10-11-15-24(22)46(42,43)35-20-37(7)8;1-4-34(30,31)19-10-14-9-15(28-17(14)12-27-19)11-21(29,22(23,24)25)13-20(2,3)16-7-5-6-8-18(16)35(26,32)33/h10-11,14-15,17-18,20,39H,9,16,19H2,1-8H3,(H,36,38);5-10,12,28-29H,4,11,13H2,1-3H3,(H2,26,32,33). The number of sulfonamides is 2. The molecule has 29 heteroatoms. The monoisotopic (exact) mass is 1220 g/mol. The summed E-state index contributed by atoms with van der Waals surface area (Å²) in [4.78, 5) is 23.6. The number of aromatic amines is 1. The lowest BCUT2D eigenvalue weighted by atomic mass is 9.73. The normalized spacial score (nSPS) is 14.7. The van der Waals surface area contributed by atoms with E-state index in [0.717, 1.165) is 18.6 Å². The van der Waals surface area contributed by atoms with Gasteiger partial charge in [-0.05, 0) is 85.9 Å². The Bertz CT molecular complexity index is 3680. The fourth-order valence-corrected chi connectivity index (χ4v) is 12.2. The van der Waals surface area contributed by atoms with Crippen molar-refractivity contribution in [2.45, 2.75) is 148 Å². The Balaban J connectivity index is 0.000000361. The molecule has 0 bridgehead atoms. The number of fused-ring (bicyclic) bond motifs is 1. The summed E-state index contributed by atoms with van der Waals surface area (Å²) < 4.78 is 194. The number of ether oxygens (including phenoxy) is 1. The minimum Gasteiger partial charge on any atom is -0.444 e. The van der Waals surface area contributed by atoms with Gasteiger partial charge in [-0.2, -0.15) is 34.8 Å². The van der Waals surface area contributed by atoms with Crippen LogP contribution >= 0.6 is 0 Å². The van der Waals surface area contributed by atoms with Gasteiger partial charge in [-0.25, -0.2) is 45.2 Å². The van der Waals surface area contributed by atoms with Crippen molar-refractivity contribution < 1.29 is 79.8 Å². The molecule has 3 aromatic heterocycles. The Hall–Kier alpha value is -6.16. The first kappa shape index (κ1) is 67.3. The maximum atomic E-state index is 14.5. The molecule has 0 saturated heterocycles. The molecular formula is C52H65F6N7O12S4. The summed E-state index contributed by atoms with van der Waals surface area (Å²) >= 11 is 0. The molecule has 0 aliphatic rings. The number of amides is 1. The molecule has 2 aromatic carbocycles. The number of aromatic nitrogens is 3. The predicted molar refractivity (Wildman–Crippen MR) is 292 cm³/mol. The molecule has 0 aliphatic carbocycles. The number of primary sulfonamides is 1. The molecule has 81 heavy (non-hydrogen) atoms. The highest BCUT2D eigenvalue weighted by Crippen LogP contribution is 2.46. The molecule has 2 unspecified atom stereocenters. The van der Waals surface area contributed by atoms with Gasteiger partial charge in [-0.3, -0.25) is 5.32 Å². The fraction of sp³-hybridized carbons (Fsp3) is 0.462. The second-order valence-corrected chi connectivity index (χ2v) is 29.0. The number of hydrogen-bond donors (Lipinski definition) is 5. The Labute approximate surface area is 467 Å². The average molecular weight is 1220 g/mol. The van der Waals surface area contributed by atoms with Crippen LogP contribution in [0.15, 0.2) is 103 Å². The lowest BCUT2D eigenvalue weighted by Crippen LogP contribution is -2.51.